The lowest BCUT2D eigenvalue weighted by molar-refractivity contribution is 0.324. The minimum atomic E-state index is -3.35. The van der Waals surface area contributed by atoms with E-state index in [1.807, 2.05) is 37.3 Å². The maximum atomic E-state index is 12.0. The predicted octanol–water partition coefficient (Wildman–Crippen LogP) is 5.27. The minimum Gasteiger partial charge on any atom is -0.424 e. The molecule has 2 aromatic heterocycles. The Hall–Kier alpha value is -3.59. The summed E-state index contributed by atoms with van der Waals surface area (Å²) in [5.41, 5.74) is 11.7. The van der Waals surface area contributed by atoms with Gasteiger partial charge in [0.15, 0.2) is 0 Å². The second-order valence-electron chi connectivity index (χ2n) is 8.56. The first-order valence-electron chi connectivity index (χ1n) is 11.4. The number of aryl methyl sites for hydroxylation is 1. The third kappa shape index (κ3) is 4.07. The molecule has 2 aromatic carbocycles. The lowest BCUT2D eigenvalue weighted by atomic mass is 9.92. The number of hydrogen-bond acceptors (Lipinski definition) is 6. The zero-order valence-electron chi connectivity index (χ0n) is 19.2. The third-order valence-corrected chi connectivity index (χ3v) is 7.64. The van der Waals surface area contributed by atoms with Gasteiger partial charge in [-0.1, -0.05) is 6.07 Å². The van der Waals surface area contributed by atoms with Crippen LogP contribution in [-0.4, -0.2) is 28.7 Å². The molecular formula is C25H27N5O3S. The number of benzene rings is 2. The standard InChI is InChI=1S/C25H27N5O3S/c1-3-34(31,32)29-21-11-8-17(14-16(21)2)24-23(26)20-10-9-19(33-25-27-12-5-13-28-25)15-22(20)30(24)18-6-4-7-18/h5,8-15,18,29H,3-4,6-7,26H2,1-2H3. The van der Waals surface area contributed by atoms with Crippen LogP contribution in [0.1, 0.15) is 37.8 Å². The van der Waals surface area contributed by atoms with E-state index >= 15 is 0 Å². The van der Waals surface area contributed by atoms with Crippen LogP contribution >= 0.6 is 0 Å². The van der Waals surface area contributed by atoms with E-state index in [9.17, 15) is 8.42 Å². The van der Waals surface area contributed by atoms with Crippen molar-refractivity contribution in [2.24, 2.45) is 0 Å². The fourth-order valence-electron chi connectivity index (χ4n) is 4.31. The van der Waals surface area contributed by atoms with E-state index in [-0.39, 0.29) is 11.8 Å². The minimum absolute atomic E-state index is 0.0233. The Morgan fingerprint density at radius 3 is 2.56 bits per heavy atom. The van der Waals surface area contributed by atoms with Gasteiger partial charge >= 0.3 is 6.01 Å². The SMILES string of the molecule is CCS(=O)(=O)Nc1ccc(-c2c(N)c3ccc(Oc4ncccn4)cc3n2C2CCC2)cc1C. The normalized spacial score (nSPS) is 14.2. The van der Waals surface area contributed by atoms with Gasteiger partial charge in [-0.3, -0.25) is 4.72 Å². The first-order valence-corrected chi connectivity index (χ1v) is 13.0. The van der Waals surface area contributed by atoms with E-state index in [0.717, 1.165) is 40.6 Å². The Morgan fingerprint density at radius 2 is 1.91 bits per heavy atom. The van der Waals surface area contributed by atoms with Crippen LogP contribution in [0.3, 0.4) is 0 Å². The molecule has 34 heavy (non-hydrogen) atoms. The first kappa shape index (κ1) is 22.2. The topological polar surface area (TPSA) is 112 Å². The van der Waals surface area contributed by atoms with Crippen molar-refractivity contribution in [2.45, 2.75) is 39.2 Å². The number of hydrogen-bond donors (Lipinski definition) is 2. The molecule has 1 aliphatic rings. The van der Waals surface area contributed by atoms with Gasteiger partial charge in [0.1, 0.15) is 5.75 Å². The van der Waals surface area contributed by atoms with Crippen molar-refractivity contribution in [1.29, 1.82) is 0 Å². The molecule has 0 radical (unpaired) electrons. The van der Waals surface area contributed by atoms with Crippen LogP contribution in [0.4, 0.5) is 11.4 Å². The molecule has 8 nitrogen and oxygen atoms in total. The van der Waals surface area contributed by atoms with Crippen molar-refractivity contribution in [3.05, 3.63) is 60.4 Å². The lowest BCUT2D eigenvalue weighted by Gasteiger charge is -2.30. The molecule has 0 spiro atoms. The van der Waals surface area contributed by atoms with E-state index in [1.54, 1.807) is 31.5 Å². The molecule has 1 saturated carbocycles. The van der Waals surface area contributed by atoms with Crippen LogP contribution < -0.4 is 15.2 Å². The summed E-state index contributed by atoms with van der Waals surface area (Å²) >= 11 is 0. The Morgan fingerprint density at radius 1 is 1.15 bits per heavy atom. The second-order valence-corrected chi connectivity index (χ2v) is 10.6. The predicted molar refractivity (Wildman–Crippen MR) is 135 cm³/mol. The molecule has 2 heterocycles. The van der Waals surface area contributed by atoms with Gasteiger partial charge in [-0.2, -0.15) is 0 Å². The second kappa shape index (κ2) is 8.64. The van der Waals surface area contributed by atoms with E-state index in [2.05, 4.69) is 19.3 Å². The molecule has 1 fully saturated rings. The number of nitrogens with one attached hydrogen (secondary N) is 1. The van der Waals surface area contributed by atoms with E-state index in [1.165, 1.54) is 6.42 Å². The summed E-state index contributed by atoms with van der Waals surface area (Å²) in [6.45, 7) is 3.51. The zero-order chi connectivity index (χ0) is 23.9. The van der Waals surface area contributed by atoms with Gasteiger partial charge in [0, 0.05) is 35.5 Å². The number of nitrogen functional groups attached to an aromatic ring is 1. The van der Waals surface area contributed by atoms with Crippen molar-refractivity contribution >= 4 is 32.3 Å². The van der Waals surface area contributed by atoms with Crippen LogP contribution in [0, 0.1) is 6.92 Å². The molecule has 176 valence electrons. The Bertz CT molecular complexity index is 1460. The van der Waals surface area contributed by atoms with Crippen molar-refractivity contribution in [1.82, 2.24) is 14.5 Å². The van der Waals surface area contributed by atoms with Crippen LogP contribution in [0.15, 0.2) is 54.9 Å². The van der Waals surface area contributed by atoms with Crippen molar-refractivity contribution in [2.75, 3.05) is 16.2 Å². The maximum Gasteiger partial charge on any atom is 0.321 e. The molecule has 0 aliphatic heterocycles. The van der Waals surface area contributed by atoms with E-state index in [4.69, 9.17) is 10.5 Å². The maximum absolute atomic E-state index is 12.0. The Balaban J connectivity index is 1.61. The summed E-state index contributed by atoms with van der Waals surface area (Å²) in [5.74, 6) is 0.666. The van der Waals surface area contributed by atoms with Gasteiger partial charge in [0.2, 0.25) is 10.0 Å². The summed E-state index contributed by atoms with van der Waals surface area (Å²) < 4.78 is 34.9. The van der Waals surface area contributed by atoms with Crippen molar-refractivity contribution < 1.29 is 13.2 Å². The average Bonchev–Trinajstić information content (AvgIpc) is 3.06. The fourth-order valence-corrected chi connectivity index (χ4v) is 5.02. The summed E-state index contributed by atoms with van der Waals surface area (Å²) in [6, 6.07) is 13.9. The number of ether oxygens (including phenoxy) is 1. The number of rotatable bonds is 7. The van der Waals surface area contributed by atoms with Gasteiger partial charge in [0.05, 0.1) is 28.3 Å². The highest BCUT2D eigenvalue weighted by Gasteiger charge is 2.27. The zero-order valence-corrected chi connectivity index (χ0v) is 20.0. The monoisotopic (exact) mass is 477 g/mol. The molecule has 3 N–H and O–H groups in total. The number of anilines is 2. The van der Waals surface area contributed by atoms with Crippen molar-refractivity contribution in [3.63, 3.8) is 0 Å². The summed E-state index contributed by atoms with van der Waals surface area (Å²) in [4.78, 5) is 8.29. The molecule has 0 atom stereocenters. The van der Waals surface area contributed by atoms with Crippen LogP contribution in [0.2, 0.25) is 0 Å². The Labute approximate surface area is 198 Å². The summed E-state index contributed by atoms with van der Waals surface area (Å²) in [7, 11) is -3.35. The third-order valence-electron chi connectivity index (χ3n) is 6.35. The lowest BCUT2D eigenvalue weighted by Crippen LogP contribution is -2.18. The molecular weight excluding hydrogens is 450 g/mol. The molecule has 4 aromatic rings. The molecule has 0 amide bonds. The van der Waals surface area contributed by atoms with Gasteiger partial charge in [-0.15, -0.1) is 0 Å². The highest BCUT2D eigenvalue weighted by molar-refractivity contribution is 7.92. The van der Waals surface area contributed by atoms with Crippen LogP contribution in [0.5, 0.6) is 11.8 Å². The highest BCUT2D eigenvalue weighted by atomic mass is 32.2. The molecule has 1 aliphatic carbocycles. The number of sulfonamides is 1. The van der Waals surface area contributed by atoms with E-state index < -0.39 is 10.0 Å². The largest absolute Gasteiger partial charge is 0.424 e. The van der Waals surface area contributed by atoms with Gasteiger partial charge < -0.3 is 15.0 Å². The Kier molecular flexibility index (Phi) is 5.65. The van der Waals surface area contributed by atoms with Gasteiger partial charge in [-0.05, 0) is 69.0 Å². The number of aromatic nitrogens is 3. The smallest absolute Gasteiger partial charge is 0.321 e. The first-order chi connectivity index (χ1) is 16.4. The summed E-state index contributed by atoms with van der Waals surface area (Å²) in [5, 5.41) is 0.955. The van der Waals surface area contributed by atoms with Gasteiger partial charge in [0.25, 0.3) is 0 Å². The summed E-state index contributed by atoms with van der Waals surface area (Å²) in [6.07, 6.45) is 6.61. The van der Waals surface area contributed by atoms with Crippen molar-refractivity contribution in [3.8, 4) is 23.0 Å². The quantitative estimate of drug-likeness (QED) is 0.375. The fraction of sp³-hybridized carbons (Fsp3) is 0.280. The van der Waals surface area contributed by atoms with Gasteiger partial charge in [-0.25, -0.2) is 18.4 Å². The van der Waals surface area contributed by atoms with E-state index in [0.29, 0.717) is 23.2 Å². The number of nitrogens with two attached hydrogens (primary N) is 1. The van der Waals surface area contributed by atoms with Crippen LogP contribution in [-0.2, 0) is 10.0 Å². The number of fused-ring (bicyclic) bond motifs is 1. The molecule has 5 rings (SSSR count). The van der Waals surface area contributed by atoms with Crippen LogP contribution in [0.25, 0.3) is 22.2 Å². The molecule has 0 bridgehead atoms. The average molecular weight is 478 g/mol. The number of nitrogens with zero attached hydrogens (tertiary/aromatic N) is 3. The molecule has 9 heteroatoms. The highest BCUT2D eigenvalue weighted by Crippen LogP contribution is 2.45. The molecule has 0 saturated heterocycles. The molecule has 0 unspecified atom stereocenters.